The third kappa shape index (κ3) is 2.13. The average molecular weight is 284 g/mol. The van der Waals surface area contributed by atoms with Crippen LogP contribution in [0.2, 0.25) is 0 Å². The Balaban J connectivity index is 1.91. The van der Waals surface area contributed by atoms with Gasteiger partial charge in [0.1, 0.15) is 0 Å². The molecule has 1 aromatic heterocycles. The number of fused-ring (bicyclic) bond motifs is 1. The zero-order valence-electron chi connectivity index (χ0n) is 12.4. The van der Waals surface area contributed by atoms with Crippen LogP contribution in [0.25, 0.3) is 0 Å². The van der Waals surface area contributed by atoms with Gasteiger partial charge in [-0.25, -0.2) is 0 Å². The molecule has 22 heavy (non-hydrogen) atoms. The van der Waals surface area contributed by atoms with E-state index in [4.69, 9.17) is 4.99 Å². The first kappa shape index (κ1) is 13.0. The Morgan fingerprint density at radius 2 is 1.68 bits per heavy atom. The highest BCUT2D eigenvalue weighted by Gasteiger charge is 2.30. The SMILES string of the molecule is Cc1ccc2c(c1)C(c1ccccn1)C(c1ccccc1)=N2. The third-order valence-corrected chi connectivity index (χ3v) is 4.06. The molecule has 0 fully saturated rings. The van der Waals surface area contributed by atoms with Gasteiger partial charge in [0.25, 0.3) is 0 Å². The van der Waals surface area contributed by atoms with Crippen LogP contribution in [0, 0.1) is 6.92 Å². The van der Waals surface area contributed by atoms with Crippen molar-refractivity contribution in [2.75, 3.05) is 0 Å². The van der Waals surface area contributed by atoms with Gasteiger partial charge in [0, 0.05) is 6.20 Å². The summed E-state index contributed by atoms with van der Waals surface area (Å²) in [6.07, 6.45) is 1.85. The number of benzene rings is 2. The van der Waals surface area contributed by atoms with Gasteiger partial charge in [-0.1, -0.05) is 54.1 Å². The number of nitrogens with zero attached hydrogens (tertiary/aromatic N) is 2. The maximum absolute atomic E-state index is 4.90. The van der Waals surface area contributed by atoms with E-state index in [2.05, 4.69) is 60.4 Å². The molecule has 1 unspecified atom stereocenters. The van der Waals surface area contributed by atoms with Gasteiger partial charge >= 0.3 is 0 Å². The summed E-state index contributed by atoms with van der Waals surface area (Å²) in [4.78, 5) is 9.48. The van der Waals surface area contributed by atoms with Crippen LogP contribution < -0.4 is 0 Å². The Morgan fingerprint density at radius 3 is 2.45 bits per heavy atom. The molecule has 2 aromatic carbocycles. The molecule has 0 saturated carbocycles. The van der Waals surface area contributed by atoms with E-state index in [1.165, 1.54) is 11.1 Å². The number of rotatable bonds is 2. The van der Waals surface area contributed by atoms with E-state index in [1.807, 2.05) is 24.4 Å². The largest absolute Gasteiger partial charge is 0.260 e. The highest BCUT2D eigenvalue weighted by Crippen LogP contribution is 2.41. The van der Waals surface area contributed by atoms with Crippen molar-refractivity contribution in [3.8, 4) is 0 Å². The molecular weight excluding hydrogens is 268 g/mol. The van der Waals surface area contributed by atoms with Gasteiger partial charge in [0.2, 0.25) is 0 Å². The van der Waals surface area contributed by atoms with E-state index < -0.39 is 0 Å². The highest BCUT2D eigenvalue weighted by molar-refractivity contribution is 6.11. The van der Waals surface area contributed by atoms with E-state index in [-0.39, 0.29) is 5.92 Å². The van der Waals surface area contributed by atoms with Crippen molar-refractivity contribution in [3.05, 3.63) is 95.3 Å². The van der Waals surface area contributed by atoms with Crippen molar-refractivity contribution in [1.29, 1.82) is 0 Å². The van der Waals surface area contributed by atoms with Gasteiger partial charge in [-0.2, -0.15) is 0 Å². The molecule has 1 atom stereocenters. The molecule has 2 heterocycles. The van der Waals surface area contributed by atoms with Crippen molar-refractivity contribution >= 4 is 11.4 Å². The number of pyridine rings is 1. The quantitative estimate of drug-likeness (QED) is 0.672. The highest BCUT2D eigenvalue weighted by atomic mass is 14.8. The Labute approximate surface area is 130 Å². The van der Waals surface area contributed by atoms with Crippen LogP contribution in [0.15, 0.2) is 77.9 Å². The molecule has 0 bridgehead atoms. The molecule has 0 saturated heterocycles. The molecule has 2 nitrogen and oxygen atoms in total. The fourth-order valence-electron chi connectivity index (χ4n) is 3.03. The topological polar surface area (TPSA) is 25.2 Å². The summed E-state index contributed by atoms with van der Waals surface area (Å²) < 4.78 is 0. The van der Waals surface area contributed by atoms with Crippen LogP contribution in [0.1, 0.15) is 28.3 Å². The van der Waals surface area contributed by atoms with Gasteiger partial charge in [-0.05, 0) is 36.2 Å². The molecule has 0 aliphatic carbocycles. The Kier molecular flexibility index (Phi) is 3.08. The van der Waals surface area contributed by atoms with E-state index >= 15 is 0 Å². The summed E-state index contributed by atoms with van der Waals surface area (Å²) in [6.45, 7) is 2.12. The molecule has 0 spiro atoms. The van der Waals surface area contributed by atoms with Gasteiger partial charge < -0.3 is 0 Å². The predicted molar refractivity (Wildman–Crippen MR) is 89.9 cm³/mol. The molecule has 0 amide bonds. The van der Waals surface area contributed by atoms with E-state index in [9.17, 15) is 0 Å². The zero-order chi connectivity index (χ0) is 14.9. The monoisotopic (exact) mass is 284 g/mol. The summed E-state index contributed by atoms with van der Waals surface area (Å²) in [6, 6.07) is 22.9. The molecule has 0 radical (unpaired) electrons. The fourth-order valence-corrected chi connectivity index (χ4v) is 3.03. The van der Waals surface area contributed by atoms with Gasteiger partial charge in [-0.15, -0.1) is 0 Å². The Bertz CT molecular complexity index is 836. The maximum Gasteiger partial charge on any atom is 0.0713 e. The lowest BCUT2D eigenvalue weighted by molar-refractivity contribution is 1.02. The van der Waals surface area contributed by atoms with Crippen LogP contribution in [0.5, 0.6) is 0 Å². The van der Waals surface area contributed by atoms with Crippen molar-refractivity contribution in [3.63, 3.8) is 0 Å². The molecule has 1 aliphatic rings. The second-order valence-electron chi connectivity index (χ2n) is 5.61. The molecule has 0 N–H and O–H groups in total. The van der Waals surface area contributed by atoms with Crippen molar-refractivity contribution in [2.45, 2.75) is 12.8 Å². The lowest BCUT2D eigenvalue weighted by Crippen LogP contribution is -2.13. The second kappa shape index (κ2) is 5.23. The third-order valence-electron chi connectivity index (χ3n) is 4.06. The fraction of sp³-hybridized carbons (Fsp3) is 0.100. The van der Waals surface area contributed by atoms with E-state index in [0.29, 0.717) is 0 Å². The van der Waals surface area contributed by atoms with Crippen molar-refractivity contribution in [1.82, 2.24) is 4.98 Å². The van der Waals surface area contributed by atoms with E-state index in [1.54, 1.807) is 0 Å². The smallest absolute Gasteiger partial charge is 0.0713 e. The minimum atomic E-state index is 0.110. The summed E-state index contributed by atoms with van der Waals surface area (Å²) >= 11 is 0. The summed E-state index contributed by atoms with van der Waals surface area (Å²) in [7, 11) is 0. The van der Waals surface area contributed by atoms with Crippen LogP contribution in [-0.4, -0.2) is 10.7 Å². The minimum Gasteiger partial charge on any atom is -0.260 e. The van der Waals surface area contributed by atoms with Gasteiger partial charge in [-0.3, -0.25) is 9.98 Å². The van der Waals surface area contributed by atoms with Crippen LogP contribution in [0.4, 0.5) is 5.69 Å². The Hall–Kier alpha value is -2.74. The van der Waals surface area contributed by atoms with E-state index in [0.717, 1.165) is 22.7 Å². The molecule has 2 heteroatoms. The van der Waals surface area contributed by atoms with Crippen LogP contribution >= 0.6 is 0 Å². The normalized spacial score (nSPS) is 16.2. The number of hydrogen-bond donors (Lipinski definition) is 0. The average Bonchev–Trinajstić information content (AvgIpc) is 2.95. The number of aromatic nitrogens is 1. The van der Waals surface area contributed by atoms with Gasteiger partial charge in [0.05, 0.1) is 23.0 Å². The first-order valence-corrected chi connectivity index (χ1v) is 7.48. The summed E-state index contributed by atoms with van der Waals surface area (Å²) in [5.74, 6) is 0.110. The Morgan fingerprint density at radius 1 is 0.864 bits per heavy atom. The first-order valence-electron chi connectivity index (χ1n) is 7.48. The second-order valence-corrected chi connectivity index (χ2v) is 5.61. The van der Waals surface area contributed by atoms with Crippen molar-refractivity contribution < 1.29 is 0 Å². The predicted octanol–water partition coefficient (Wildman–Crippen LogP) is 4.66. The van der Waals surface area contributed by atoms with Gasteiger partial charge in [0.15, 0.2) is 0 Å². The lowest BCUT2D eigenvalue weighted by atomic mass is 9.88. The lowest BCUT2D eigenvalue weighted by Gasteiger charge is -2.15. The summed E-state index contributed by atoms with van der Waals surface area (Å²) in [5.41, 5.74) is 6.85. The summed E-state index contributed by atoms with van der Waals surface area (Å²) in [5, 5.41) is 0. The molecule has 3 aromatic rings. The number of aryl methyl sites for hydroxylation is 1. The van der Waals surface area contributed by atoms with Crippen LogP contribution in [-0.2, 0) is 0 Å². The molecular formula is C20H16N2. The molecule has 106 valence electrons. The number of aliphatic imine (C=N–C) groups is 1. The minimum absolute atomic E-state index is 0.110. The first-order chi connectivity index (χ1) is 10.8. The maximum atomic E-state index is 4.90. The van der Waals surface area contributed by atoms with Crippen LogP contribution in [0.3, 0.4) is 0 Å². The number of hydrogen-bond acceptors (Lipinski definition) is 2. The molecule has 1 aliphatic heterocycles. The zero-order valence-corrected chi connectivity index (χ0v) is 12.4. The molecule has 4 rings (SSSR count). The van der Waals surface area contributed by atoms with Crippen molar-refractivity contribution in [2.24, 2.45) is 4.99 Å². The standard InChI is InChI=1S/C20H16N2/c1-14-10-11-17-16(13-14)19(18-9-5-6-12-21-18)20(22-17)15-7-3-2-4-8-15/h2-13,19H,1H3.